The Morgan fingerprint density at radius 3 is 2.48 bits per heavy atom. The van der Waals surface area contributed by atoms with Crippen molar-refractivity contribution in [1.82, 2.24) is 0 Å². The summed E-state index contributed by atoms with van der Waals surface area (Å²) in [7, 11) is -1.86. The first-order valence-electron chi connectivity index (χ1n) is 8.29. The lowest BCUT2D eigenvalue weighted by Gasteiger charge is -2.40. The predicted octanol–water partition coefficient (Wildman–Crippen LogP) is 3.73. The third-order valence-electron chi connectivity index (χ3n) is 6.75. The van der Waals surface area contributed by atoms with Gasteiger partial charge in [0.15, 0.2) is 8.32 Å². The zero-order valence-corrected chi connectivity index (χ0v) is 15.0. The molecule has 4 heteroatoms. The van der Waals surface area contributed by atoms with Gasteiger partial charge in [0.1, 0.15) is 11.6 Å². The maximum atomic E-state index is 12.5. The van der Waals surface area contributed by atoms with Crippen LogP contribution < -0.4 is 0 Å². The third kappa shape index (κ3) is 2.17. The molecule has 0 N–H and O–H groups in total. The van der Waals surface area contributed by atoms with Gasteiger partial charge in [-0.2, -0.15) is 0 Å². The molecule has 0 aromatic carbocycles. The largest absolute Gasteiger partial charge is 0.413 e. The van der Waals surface area contributed by atoms with E-state index in [-0.39, 0.29) is 22.5 Å². The molecule has 3 aliphatic carbocycles. The average Bonchev–Trinajstić information content (AvgIpc) is 2.86. The van der Waals surface area contributed by atoms with E-state index in [0.29, 0.717) is 36.7 Å². The Morgan fingerprint density at radius 2 is 1.86 bits per heavy atom. The van der Waals surface area contributed by atoms with E-state index >= 15 is 0 Å². The molecule has 3 fully saturated rings. The van der Waals surface area contributed by atoms with Crippen molar-refractivity contribution in [3.63, 3.8) is 0 Å². The van der Waals surface area contributed by atoms with Crippen molar-refractivity contribution < 1.29 is 14.0 Å². The summed E-state index contributed by atoms with van der Waals surface area (Å²) in [6.45, 7) is 11.2. The first kappa shape index (κ1) is 15.4. The molecule has 0 aliphatic heterocycles. The number of carbonyl (C=O) groups excluding carboxylic acids is 2. The van der Waals surface area contributed by atoms with Gasteiger partial charge in [0.25, 0.3) is 0 Å². The minimum atomic E-state index is -1.86. The molecule has 3 saturated carbocycles. The number of ketones is 2. The fraction of sp³-hybridized carbons (Fsp3) is 0.882. The Morgan fingerprint density at radius 1 is 1.19 bits per heavy atom. The van der Waals surface area contributed by atoms with Gasteiger partial charge in [0, 0.05) is 25.2 Å². The van der Waals surface area contributed by atoms with Crippen molar-refractivity contribution in [3.8, 4) is 0 Å². The summed E-state index contributed by atoms with van der Waals surface area (Å²) in [5, 5.41) is 0.162. The van der Waals surface area contributed by atoms with Gasteiger partial charge in [-0.1, -0.05) is 20.8 Å². The third-order valence-corrected chi connectivity index (χ3v) is 11.2. The van der Waals surface area contributed by atoms with Crippen molar-refractivity contribution >= 4 is 19.9 Å². The summed E-state index contributed by atoms with van der Waals surface area (Å²) in [6, 6.07) is 0. The fourth-order valence-corrected chi connectivity index (χ4v) is 6.04. The molecule has 4 atom stereocenters. The highest BCUT2D eigenvalue weighted by atomic mass is 28.4. The van der Waals surface area contributed by atoms with Gasteiger partial charge >= 0.3 is 0 Å². The standard InChI is InChI=1S/C17H28O3Si/c1-16(2,3)21(4,5)20-14-6-7-17-10-12(18)8-11(17)9-13(19)15(14)17/h11,14-15H,6-10H2,1-5H3/t11-,14+,15-,17-/m0/s1. The monoisotopic (exact) mass is 308 g/mol. The Balaban J connectivity index is 1.84. The van der Waals surface area contributed by atoms with Gasteiger partial charge in [-0.15, -0.1) is 0 Å². The Kier molecular flexibility index (Phi) is 3.31. The summed E-state index contributed by atoms with van der Waals surface area (Å²) in [4.78, 5) is 24.4. The van der Waals surface area contributed by atoms with Crippen LogP contribution in [0.1, 0.15) is 52.9 Å². The molecule has 1 spiro atoms. The van der Waals surface area contributed by atoms with Gasteiger partial charge in [-0.05, 0) is 42.3 Å². The maximum absolute atomic E-state index is 12.5. The molecule has 3 aliphatic rings. The number of hydrogen-bond acceptors (Lipinski definition) is 3. The number of rotatable bonds is 2. The second kappa shape index (κ2) is 4.51. The van der Waals surface area contributed by atoms with E-state index in [4.69, 9.17) is 4.43 Å². The van der Waals surface area contributed by atoms with Crippen molar-refractivity contribution in [1.29, 1.82) is 0 Å². The van der Waals surface area contributed by atoms with Gasteiger partial charge in [-0.3, -0.25) is 9.59 Å². The lowest BCUT2D eigenvalue weighted by molar-refractivity contribution is -0.125. The molecule has 21 heavy (non-hydrogen) atoms. The fourth-order valence-electron chi connectivity index (χ4n) is 4.68. The van der Waals surface area contributed by atoms with Crippen LogP contribution in [0.3, 0.4) is 0 Å². The first-order valence-corrected chi connectivity index (χ1v) is 11.2. The van der Waals surface area contributed by atoms with Crippen molar-refractivity contribution in [3.05, 3.63) is 0 Å². The molecule has 118 valence electrons. The van der Waals surface area contributed by atoms with E-state index < -0.39 is 8.32 Å². The Labute approximate surface area is 129 Å². The van der Waals surface area contributed by atoms with Crippen LogP contribution in [0.25, 0.3) is 0 Å². The van der Waals surface area contributed by atoms with Crippen LogP contribution in [0.5, 0.6) is 0 Å². The molecule has 3 nitrogen and oxygen atoms in total. The number of carbonyl (C=O) groups is 2. The van der Waals surface area contributed by atoms with Crippen LogP contribution in [-0.2, 0) is 14.0 Å². The first-order chi connectivity index (χ1) is 9.57. The molecule has 0 amide bonds. The summed E-state index contributed by atoms with van der Waals surface area (Å²) in [5.74, 6) is 1.05. The second-order valence-corrected chi connectivity index (χ2v) is 13.7. The zero-order chi connectivity index (χ0) is 15.6. The topological polar surface area (TPSA) is 43.4 Å². The van der Waals surface area contributed by atoms with E-state index in [1.807, 2.05) is 0 Å². The van der Waals surface area contributed by atoms with Gasteiger partial charge in [0.2, 0.25) is 0 Å². The summed E-state index contributed by atoms with van der Waals surface area (Å²) >= 11 is 0. The van der Waals surface area contributed by atoms with Crippen LogP contribution in [-0.4, -0.2) is 26.0 Å². The minimum Gasteiger partial charge on any atom is -0.413 e. The number of hydrogen-bond donors (Lipinski definition) is 0. The van der Waals surface area contributed by atoms with E-state index in [1.165, 1.54) is 0 Å². The lowest BCUT2D eigenvalue weighted by atomic mass is 9.75. The van der Waals surface area contributed by atoms with Crippen LogP contribution >= 0.6 is 0 Å². The molecule has 0 radical (unpaired) electrons. The maximum Gasteiger partial charge on any atom is 0.192 e. The molecule has 0 unspecified atom stereocenters. The smallest absolute Gasteiger partial charge is 0.192 e. The van der Waals surface area contributed by atoms with Gasteiger partial charge in [0.05, 0.1) is 6.10 Å². The second-order valence-electron chi connectivity index (χ2n) is 8.95. The highest BCUT2D eigenvalue weighted by Crippen LogP contribution is 2.63. The molecule has 0 aromatic heterocycles. The molecule has 0 bridgehead atoms. The minimum absolute atomic E-state index is 0.00285. The molecular weight excluding hydrogens is 280 g/mol. The number of Topliss-reactive ketones (excluding diaryl/α,β-unsaturated/α-hetero) is 2. The highest BCUT2D eigenvalue weighted by molar-refractivity contribution is 6.74. The quantitative estimate of drug-likeness (QED) is 0.730. The Hall–Kier alpha value is -0.483. The van der Waals surface area contributed by atoms with E-state index in [0.717, 1.165) is 12.8 Å². The Bertz CT molecular complexity index is 491. The molecule has 0 heterocycles. The predicted molar refractivity (Wildman–Crippen MR) is 84.6 cm³/mol. The lowest BCUT2D eigenvalue weighted by Crippen LogP contribution is -2.46. The molecule has 0 aromatic rings. The van der Waals surface area contributed by atoms with Gasteiger partial charge in [-0.25, -0.2) is 0 Å². The van der Waals surface area contributed by atoms with Gasteiger partial charge < -0.3 is 4.43 Å². The average molecular weight is 308 g/mol. The van der Waals surface area contributed by atoms with Crippen molar-refractivity contribution in [2.75, 3.05) is 0 Å². The van der Waals surface area contributed by atoms with Crippen LogP contribution in [0, 0.1) is 17.3 Å². The SMILES string of the molecule is CC(C)(C)[Si](C)(C)O[C@@H]1CC[C@]23CC(=O)C[C@H]2CC(=O)[C@@H]13. The zero-order valence-electron chi connectivity index (χ0n) is 14.0. The summed E-state index contributed by atoms with van der Waals surface area (Å²) in [5.41, 5.74) is -0.0266. The van der Waals surface area contributed by atoms with E-state index in [1.54, 1.807) is 0 Å². The van der Waals surface area contributed by atoms with Crippen molar-refractivity contribution in [2.24, 2.45) is 17.3 Å². The molecule has 3 rings (SSSR count). The summed E-state index contributed by atoms with van der Waals surface area (Å²) < 4.78 is 6.59. The molecular formula is C17H28O3Si. The van der Waals surface area contributed by atoms with Crippen molar-refractivity contribution in [2.45, 2.75) is 77.1 Å². The van der Waals surface area contributed by atoms with E-state index in [2.05, 4.69) is 33.9 Å². The van der Waals surface area contributed by atoms with Crippen LogP contribution in [0.4, 0.5) is 0 Å². The highest BCUT2D eigenvalue weighted by Gasteiger charge is 2.65. The molecule has 0 saturated heterocycles. The normalized spacial score (nSPS) is 39.8. The van der Waals surface area contributed by atoms with Crippen LogP contribution in [0.15, 0.2) is 0 Å². The van der Waals surface area contributed by atoms with Crippen LogP contribution in [0.2, 0.25) is 18.1 Å². The summed E-state index contributed by atoms with van der Waals surface area (Å²) in [6.07, 6.45) is 3.93. The van der Waals surface area contributed by atoms with E-state index in [9.17, 15) is 9.59 Å².